The third-order valence-electron chi connectivity index (χ3n) is 3.60. The SMILES string of the molecule is Cc1c(F)cccc1NC(=O)C(N)C1CCOCC1. The maximum atomic E-state index is 13.4. The minimum atomic E-state index is -0.577. The molecule has 1 unspecified atom stereocenters. The standard InChI is InChI=1S/C14H19FN2O2/c1-9-11(15)3-2-4-12(9)17-14(18)13(16)10-5-7-19-8-6-10/h2-4,10,13H,5-8,16H2,1H3,(H,17,18). The molecule has 19 heavy (non-hydrogen) atoms. The van der Waals surface area contributed by atoms with Crippen molar-refractivity contribution in [2.75, 3.05) is 18.5 Å². The molecule has 1 fully saturated rings. The van der Waals surface area contributed by atoms with Gasteiger partial charge in [-0.05, 0) is 37.8 Å². The number of hydrogen-bond acceptors (Lipinski definition) is 3. The van der Waals surface area contributed by atoms with Gasteiger partial charge >= 0.3 is 0 Å². The van der Waals surface area contributed by atoms with Crippen LogP contribution in [-0.2, 0) is 9.53 Å². The average Bonchev–Trinajstić information content (AvgIpc) is 2.44. The molecule has 0 spiro atoms. The van der Waals surface area contributed by atoms with Crippen LogP contribution in [0.4, 0.5) is 10.1 Å². The molecule has 1 aromatic rings. The maximum Gasteiger partial charge on any atom is 0.241 e. The van der Waals surface area contributed by atoms with Gasteiger partial charge in [-0.1, -0.05) is 6.07 Å². The van der Waals surface area contributed by atoms with Crippen LogP contribution in [0.25, 0.3) is 0 Å². The molecule has 1 aliphatic rings. The highest BCUT2D eigenvalue weighted by Gasteiger charge is 2.26. The summed E-state index contributed by atoms with van der Waals surface area (Å²) < 4.78 is 18.6. The molecular formula is C14H19FN2O2. The molecule has 0 bridgehead atoms. The van der Waals surface area contributed by atoms with Crippen molar-refractivity contribution in [2.45, 2.75) is 25.8 Å². The summed E-state index contributed by atoms with van der Waals surface area (Å²) in [5.74, 6) is -0.472. The van der Waals surface area contributed by atoms with Crippen LogP contribution in [0.5, 0.6) is 0 Å². The highest BCUT2D eigenvalue weighted by atomic mass is 19.1. The van der Waals surface area contributed by atoms with Gasteiger partial charge in [0, 0.05) is 24.5 Å². The molecule has 1 saturated heterocycles. The summed E-state index contributed by atoms with van der Waals surface area (Å²) in [4.78, 5) is 12.1. The minimum Gasteiger partial charge on any atom is -0.381 e. The number of carbonyl (C=O) groups excluding carboxylic acids is 1. The number of hydrogen-bond donors (Lipinski definition) is 2. The van der Waals surface area contributed by atoms with Gasteiger partial charge in [-0.25, -0.2) is 4.39 Å². The molecular weight excluding hydrogens is 247 g/mol. The van der Waals surface area contributed by atoms with Gasteiger partial charge in [-0.2, -0.15) is 0 Å². The molecule has 104 valence electrons. The van der Waals surface area contributed by atoms with Gasteiger partial charge < -0.3 is 15.8 Å². The molecule has 0 aliphatic carbocycles. The van der Waals surface area contributed by atoms with Crippen molar-refractivity contribution in [1.82, 2.24) is 0 Å². The normalized spacial score (nSPS) is 18.1. The molecule has 0 radical (unpaired) electrons. The van der Waals surface area contributed by atoms with Crippen LogP contribution in [0.15, 0.2) is 18.2 Å². The summed E-state index contributed by atoms with van der Waals surface area (Å²) in [6, 6.07) is 4.03. The van der Waals surface area contributed by atoms with Crippen molar-refractivity contribution in [1.29, 1.82) is 0 Å². The number of carbonyl (C=O) groups is 1. The predicted molar refractivity (Wildman–Crippen MR) is 71.3 cm³/mol. The van der Waals surface area contributed by atoms with E-state index in [1.54, 1.807) is 19.1 Å². The summed E-state index contributed by atoms with van der Waals surface area (Å²) >= 11 is 0. The Labute approximate surface area is 112 Å². The van der Waals surface area contributed by atoms with E-state index >= 15 is 0 Å². The predicted octanol–water partition coefficient (Wildman–Crippen LogP) is 1.83. The number of halogens is 1. The lowest BCUT2D eigenvalue weighted by molar-refractivity contribution is -0.119. The first-order valence-corrected chi connectivity index (χ1v) is 6.49. The number of amides is 1. The molecule has 1 heterocycles. The van der Waals surface area contributed by atoms with E-state index in [0.717, 1.165) is 12.8 Å². The average molecular weight is 266 g/mol. The molecule has 3 N–H and O–H groups in total. The smallest absolute Gasteiger partial charge is 0.241 e. The van der Waals surface area contributed by atoms with E-state index in [1.165, 1.54) is 6.07 Å². The highest BCUT2D eigenvalue weighted by molar-refractivity contribution is 5.95. The first-order valence-electron chi connectivity index (χ1n) is 6.49. The molecule has 1 aliphatic heterocycles. The first-order chi connectivity index (χ1) is 9.09. The number of nitrogens with two attached hydrogens (primary N) is 1. The molecule has 1 atom stereocenters. The molecule has 2 rings (SSSR count). The van der Waals surface area contributed by atoms with Crippen molar-refractivity contribution in [3.63, 3.8) is 0 Å². The number of nitrogens with one attached hydrogen (secondary N) is 1. The van der Waals surface area contributed by atoms with Crippen molar-refractivity contribution >= 4 is 11.6 Å². The van der Waals surface area contributed by atoms with E-state index in [4.69, 9.17) is 10.5 Å². The molecule has 4 nitrogen and oxygen atoms in total. The monoisotopic (exact) mass is 266 g/mol. The van der Waals surface area contributed by atoms with E-state index in [-0.39, 0.29) is 17.6 Å². The number of rotatable bonds is 3. The zero-order valence-corrected chi connectivity index (χ0v) is 11.0. The Kier molecular flexibility index (Phi) is 4.50. The van der Waals surface area contributed by atoms with E-state index in [2.05, 4.69) is 5.32 Å². The van der Waals surface area contributed by atoms with Gasteiger partial charge in [0.05, 0.1) is 6.04 Å². The number of benzene rings is 1. The van der Waals surface area contributed by atoms with Gasteiger partial charge in [0.2, 0.25) is 5.91 Å². The van der Waals surface area contributed by atoms with Gasteiger partial charge in [0.1, 0.15) is 5.82 Å². The molecule has 1 amide bonds. The lowest BCUT2D eigenvalue weighted by Crippen LogP contribution is -2.44. The van der Waals surface area contributed by atoms with Gasteiger partial charge in [-0.15, -0.1) is 0 Å². The van der Waals surface area contributed by atoms with Crippen LogP contribution in [0.1, 0.15) is 18.4 Å². The van der Waals surface area contributed by atoms with Crippen LogP contribution in [-0.4, -0.2) is 25.2 Å². The topological polar surface area (TPSA) is 64.4 Å². The van der Waals surface area contributed by atoms with E-state index in [0.29, 0.717) is 24.5 Å². The van der Waals surface area contributed by atoms with Gasteiger partial charge in [0.25, 0.3) is 0 Å². The summed E-state index contributed by atoms with van der Waals surface area (Å²) in [6.45, 7) is 2.92. The Morgan fingerprint density at radius 1 is 1.47 bits per heavy atom. The van der Waals surface area contributed by atoms with Gasteiger partial charge in [0.15, 0.2) is 0 Å². The van der Waals surface area contributed by atoms with Crippen LogP contribution >= 0.6 is 0 Å². The van der Waals surface area contributed by atoms with E-state index in [1.807, 2.05) is 0 Å². The Balaban J connectivity index is 2.01. The molecule has 5 heteroatoms. The zero-order valence-electron chi connectivity index (χ0n) is 11.0. The van der Waals surface area contributed by atoms with Crippen LogP contribution in [0, 0.1) is 18.7 Å². The fourth-order valence-electron chi connectivity index (χ4n) is 2.25. The largest absolute Gasteiger partial charge is 0.381 e. The Hall–Kier alpha value is -1.46. The summed E-state index contributed by atoms with van der Waals surface area (Å²) in [7, 11) is 0. The van der Waals surface area contributed by atoms with Crippen molar-refractivity contribution in [3.05, 3.63) is 29.6 Å². The lowest BCUT2D eigenvalue weighted by Gasteiger charge is -2.26. The second-order valence-electron chi connectivity index (χ2n) is 4.88. The maximum absolute atomic E-state index is 13.4. The zero-order chi connectivity index (χ0) is 13.8. The van der Waals surface area contributed by atoms with E-state index in [9.17, 15) is 9.18 Å². The lowest BCUT2D eigenvalue weighted by atomic mass is 9.92. The van der Waals surface area contributed by atoms with Crippen molar-refractivity contribution in [3.8, 4) is 0 Å². The molecule has 0 aromatic heterocycles. The Morgan fingerprint density at radius 2 is 2.16 bits per heavy atom. The Bertz CT molecular complexity index is 459. The highest BCUT2D eigenvalue weighted by Crippen LogP contribution is 2.21. The third-order valence-corrected chi connectivity index (χ3v) is 3.60. The second-order valence-corrected chi connectivity index (χ2v) is 4.88. The Morgan fingerprint density at radius 3 is 2.84 bits per heavy atom. The van der Waals surface area contributed by atoms with Crippen molar-refractivity contribution in [2.24, 2.45) is 11.7 Å². The van der Waals surface area contributed by atoms with Gasteiger partial charge in [-0.3, -0.25) is 4.79 Å². The van der Waals surface area contributed by atoms with Crippen LogP contribution < -0.4 is 11.1 Å². The number of ether oxygens (including phenoxy) is 1. The first kappa shape index (κ1) is 14.0. The van der Waals surface area contributed by atoms with Crippen LogP contribution in [0.2, 0.25) is 0 Å². The van der Waals surface area contributed by atoms with Crippen molar-refractivity contribution < 1.29 is 13.9 Å². The summed E-state index contributed by atoms with van der Waals surface area (Å²) in [5, 5.41) is 2.70. The van der Waals surface area contributed by atoms with E-state index < -0.39 is 6.04 Å². The van der Waals surface area contributed by atoms with Crippen LogP contribution in [0.3, 0.4) is 0 Å². The summed E-state index contributed by atoms with van der Waals surface area (Å²) in [5.41, 5.74) is 6.87. The molecule has 1 aromatic carbocycles. The minimum absolute atomic E-state index is 0.127. The fraction of sp³-hybridized carbons (Fsp3) is 0.500. The molecule has 0 saturated carbocycles. The quantitative estimate of drug-likeness (QED) is 0.877. The third kappa shape index (κ3) is 3.30. The second kappa shape index (κ2) is 6.12. The summed E-state index contributed by atoms with van der Waals surface area (Å²) in [6.07, 6.45) is 1.58. The number of anilines is 1. The fourth-order valence-corrected chi connectivity index (χ4v) is 2.25.